The molecule has 0 aromatic heterocycles. The van der Waals surface area contributed by atoms with Crippen LogP contribution in [0.2, 0.25) is 0 Å². The topological polar surface area (TPSA) is 41.9 Å². The van der Waals surface area contributed by atoms with Crippen molar-refractivity contribution < 1.29 is 9.63 Å². The van der Waals surface area contributed by atoms with Gasteiger partial charge in [0, 0.05) is 18.7 Å². The van der Waals surface area contributed by atoms with E-state index in [9.17, 15) is 4.79 Å². The van der Waals surface area contributed by atoms with Crippen molar-refractivity contribution in [2.45, 2.75) is 38.1 Å². The number of benzene rings is 1. The Kier molecular flexibility index (Phi) is 5.16. The first-order valence-corrected chi connectivity index (χ1v) is 7.16. The zero-order valence-corrected chi connectivity index (χ0v) is 12.2. The molecule has 1 aromatic carbocycles. The predicted octanol–water partition coefficient (Wildman–Crippen LogP) is 3.07. The zero-order chi connectivity index (χ0) is 14.4. The van der Waals surface area contributed by atoms with E-state index in [0.717, 1.165) is 24.0 Å². The van der Waals surface area contributed by atoms with Gasteiger partial charge in [-0.1, -0.05) is 36.6 Å². The van der Waals surface area contributed by atoms with Crippen molar-refractivity contribution in [1.82, 2.24) is 4.90 Å². The van der Waals surface area contributed by atoms with E-state index in [2.05, 4.69) is 9.99 Å². The molecule has 0 spiro atoms. The fourth-order valence-corrected chi connectivity index (χ4v) is 2.66. The van der Waals surface area contributed by atoms with Crippen LogP contribution in [-0.4, -0.2) is 37.2 Å². The van der Waals surface area contributed by atoms with E-state index < -0.39 is 0 Å². The summed E-state index contributed by atoms with van der Waals surface area (Å²) in [5.41, 5.74) is 1.65. The maximum Gasteiger partial charge on any atom is 0.253 e. The second-order valence-electron chi connectivity index (χ2n) is 5.25. The number of nitrogens with zero attached hydrogens (tertiary/aromatic N) is 2. The summed E-state index contributed by atoms with van der Waals surface area (Å²) in [6.45, 7) is 0. The first kappa shape index (κ1) is 14.6. The second kappa shape index (κ2) is 7.08. The van der Waals surface area contributed by atoms with Crippen molar-refractivity contribution in [3.8, 4) is 0 Å². The van der Waals surface area contributed by atoms with Gasteiger partial charge in [0.2, 0.25) is 0 Å². The van der Waals surface area contributed by atoms with Gasteiger partial charge < -0.3 is 9.74 Å². The average Bonchev–Trinajstić information content (AvgIpc) is 2.53. The molecule has 0 bridgehead atoms. The van der Waals surface area contributed by atoms with Gasteiger partial charge in [-0.3, -0.25) is 4.79 Å². The summed E-state index contributed by atoms with van der Waals surface area (Å²) in [4.78, 5) is 19.0. The van der Waals surface area contributed by atoms with Crippen LogP contribution in [0.15, 0.2) is 29.4 Å². The third kappa shape index (κ3) is 3.59. The first-order valence-electron chi connectivity index (χ1n) is 7.16. The molecule has 108 valence electrons. The highest BCUT2D eigenvalue weighted by atomic mass is 16.6. The highest BCUT2D eigenvalue weighted by molar-refractivity contribution is 5.95. The molecule has 0 atom stereocenters. The quantitative estimate of drug-likeness (QED) is 0.625. The van der Waals surface area contributed by atoms with Gasteiger partial charge in [-0.05, 0) is 30.5 Å². The van der Waals surface area contributed by atoms with Crippen molar-refractivity contribution in [2.75, 3.05) is 14.2 Å². The Morgan fingerprint density at radius 1 is 1.25 bits per heavy atom. The Morgan fingerprint density at radius 2 is 1.90 bits per heavy atom. The fraction of sp³-hybridized carbons (Fsp3) is 0.500. The monoisotopic (exact) mass is 274 g/mol. The minimum Gasteiger partial charge on any atom is -0.399 e. The van der Waals surface area contributed by atoms with Crippen molar-refractivity contribution in [1.29, 1.82) is 0 Å². The Morgan fingerprint density at radius 3 is 2.50 bits per heavy atom. The number of carbonyl (C=O) groups is 1. The Bertz CT molecular complexity index is 462. The predicted molar refractivity (Wildman–Crippen MR) is 80.0 cm³/mol. The van der Waals surface area contributed by atoms with Crippen LogP contribution in [0.3, 0.4) is 0 Å². The van der Waals surface area contributed by atoms with E-state index in [-0.39, 0.29) is 5.91 Å². The van der Waals surface area contributed by atoms with E-state index in [1.807, 2.05) is 36.2 Å². The van der Waals surface area contributed by atoms with Crippen molar-refractivity contribution in [3.63, 3.8) is 0 Å². The van der Waals surface area contributed by atoms with E-state index >= 15 is 0 Å². The molecule has 0 saturated heterocycles. The molecule has 0 aliphatic heterocycles. The van der Waals surface area contributed by atoms with Gasteiger partial charge in [-0.25, -0.2) is 0 Å². The molecular weight excluding hydrogens is 252 g/mol. The maximum atomic E-state index is 12.4. The van der Waals surface area contributed by atoms with E-state index in [1.165, 1.54) is 26.4 Å². The largest absolute Gasteiger partial charge is 0.399 e. The number of carbonyl (C=O) groups excluding carboxylic acids is 1. The van der Waals surface area contributed by atoms with Crippen LogP contribution in [0.25, 0.3) is 0 Å². The SMILES string of the molecule is CO/N=C/c1ccc(C(=O)N(C)C2CCCCC2)cc1. The summed E-state index contributed by atoms with van der Waals surface area (Å²) < 4.78 is 0. The Labute approximate surface area is 120 Å². The van der Waals surface area contributed by atoms with Gasteiger partial charge in [0.15, 0.2) is 0 Å². The molecule has 2 rings (SSSR count). The van der Waals surface area contributed by atoms with Crippen LogP contribution in [0.1, 0.15) is 48.0 Å². The van der Waals surface area contributed by atoms with Crippen molar-refractivity contribution in [2.24, 2.45) is 5.16 Å². The lowest BCUT2D eigenvalue weighted by Gasteiger charge is -2.31. The molecular formula is C16H22N2O2. The number of amides is 1. The molecule has 0 unspecified atom stereocenters. The molecule has 4 heteroatoms. The maximum absolute atomic E-state index is 12.4. The van der Waals surface area contributed by atoms with Gasteiger partial charge in [-0.15, -0.1) is 0 Å². The standard InChI is InChI=1S/C16H22N2O2/c1-18(15-6-4-3-5-7-15)16(19)14-10-8-13(9-11-14)12-17-20-2/h8-12,15H,3-7H2,1-2H3/b17-12+. The first-order chi connectivity index (χ1) is 9.72. The van der Waals surface area contributed by atoms with E-state index in [1.54, 1.807) is 6.21 Å². The van der Waals surface area contributed by atoms with Crippen LogP contribution in [0.4, 0.5) is 0 Å². The van der Waals surface area contributed by atoms with Gasteiger partial charge in [-0.2, -0.15) is 0 Å². The third-order valence-electron chi connectivity index (χ3n) is 3.91. The van der Waals surface area contributed by atoms with Crippen LogP contribution in [0, 0.1) is 0 Å². The van der Waals surface area contributed by atoms with Crippen molar-refractivity contribution in [3.05, 3.63) is 35.4 Å². The molecule has 0 radical (unpaired) electrons. The van der Waals surface area contributed by atoms with Crippen LogP contribution in [0.5, 0.6) is 0 Å². The number of hydrogen-bond donors (Lipinski definition) is 0. The minimum atomic E-state index is 0.104. The molecule has 1 fully saturated rings. The molecule has 1 aliphatic carbocycles. The molecule has 1 aliphatic rings. The van der Waals surface area contributed by atoms with Gasteiger partial charge in [0.1, 0.15) is 7.11 Å². The Balaban J connectivity index is 2.02. The lowest BCUT2D eigenvalue weighted by atomic mass is 9.94. The minimum absolute atomic E-state index is 0.104. The van der Waals surface area contributed by atoms with Gasteiger partial charge >= 0.3 is 0 Å². The molecule has 1 aromatic rings. The molecule has 1 saturated carbocycles. The number of hydrogen-bond acceptors (Lipinski definition) is 3. The van der Waals surface area contributed by atoms with Crippen LogP contribution < -0.4 is 0 Å². The summed E-state index contributed by atoms with van der Waals surface area (Å²) in [7, 11) is 3.42. The van der Waals surface area contributed by atoms with Gasteiger partial charge in [0.25, 0.3) is 5.91 Å². The van der Waals surface area contributed by atoms with Crippen molar-refractivity contribution >= 4 is 12.1 Å². The fourth-order valence-electron chi connectivity index (χ4n) is 2.66. The highest BCUT2D eigenvalue weighted by Crippen LogP contribution is 2.22. The lowest BCUT2D eigenvalue weighted by molar-refractivity contribution is 0.0696. The normalized spacial score (nSPS) is 16.3. The molecule has 4 nitrogen and oxygen atoms in total. The zero-order valence-electron chi connectivity index (χ0n) is 12.2. The highest BCUT2D eigenvalue weighted by Gasteiger charge is 2.22. The van der Waals surface area contributed by atoms with Gasteiger partial charge in [0.05, 0.1) is 6.21 Å². The molecule has 1 amide bonds. The summed E-state index contributed by atoms with van der Waals surface area (Å²) in [5.74, 6) is 0.104. The smallest absolute Gasteiger partial charge is 0.253 e. The molecule has 0 N–H and O–H groups in total. The summed E-state index contributed by atoms with van der Waals surface area (Å²) in [6, 6.07) is 7.85. The van der Waals surface area contributed by atoms with E-state index in [0.29, 0.717) is 6.04 Å². The number of oxime groups is 1. The summed E-state index contributed by atoms with van der Waals surface area (Å²) >= 11 is 0. The van der Waals surface area contributed by atoms with Crippen LogP contribution in [-0.2, 0) is 4.84 Å². The molecule has 20 heavy (non-hydrogen) atoms. The van der Waals surface area contributed by atoms with Crippen LogP contribution >= 0.6 is 0 Å². The average molecular weight is 274 g/mol. The summed E-state index contributed by atoms with van der Waals surface area (Å²) in [5, 5.41) is 3.70. The number of rotatable bonds is 4. The third-order valence-corrected chi connectivity index (χ3v) is 3.91. The van der Waals surface area contributed by atoms with E-state index in [4.69, 9.17) is 0 Å². The summed E-state index contributed by atoms with van der Waals surface area (Å²) in [6.07, 6.45) is 7.64. The second-order valence-corrected chi connectivity index (χ2v) is 5.25. The molecule has 0 heterocycles. The lowest BCUT2D eigenvalue weighted by Crippen LogP contribution is -2.38. The Hall–Kier alpha value is -1.84.